The number of hydrogen-bond donors (Lipinski definition) is 1. The van der Waals surface area contributed by atoms with Crippen LogP contribution in [0.1, 0.15) is 27.2 Å². The second kappa shape index (κ2) is 8.00. The van der Waals surface area contributed by atoms with Crippen molar-refractivity contribution < 1.29 is 0 Å². The van der Waals surface area contributed by atoms with Crippen LogP contribution in [0.3, 0.4) is 0 Å². The second-order valence-electron chi connectivity index (χ2n) is 3.30. The Morgan fingerprint density at radius 3 is 2.00 bits per heavy atom. The molecule has 3 nitrogen and oxygen atoms in total. The van der Waals surface area contributed by atoms with E-state index < -0.39 is 0 Å². The van der Waals surface area contributed by atoms with E-state index in [2.05, 4.69) is 25.7 Å². The van der Waals surface area contributed by atoms with Crippen LogP contribution < -0.4 is 5.73 Å². The molecule has 0 heterocycles. The molecule has 0 aliphatic heterocycles. The largest absolute Gasteiger partial charge is 0.376 e. The number of nitrogens with zero attached hydrogens (tertiary/aromatic N) is 2. The van der Waals surface area contributed by atoms with Crippen LogP contribution in [0.15, 0.2) is 0 Å². The fourth-order valence-electron chi connectivity index (χ4n) is 1.45. The summed E-state index contributed by atoms with van der Waals surface area (Å²) in [5.74, 6) is 0. The number of rotatable bonds is 7. The van der Waals surface area contributed by atoms with Gasteiger partial charge in [-0.25, -0.2) is 0 Å². The average Bonchev–Trinajstić information content (AvgIpc) is 2.18. The van der Waals surface area contributed by atoms with Gasteiger partial charge in [-0.1, -0.05) is 13.8 Å². The average molecular weight is 217 g/mol. The normalized spacial score (nSPS) is 10.6. The van der Waals surface area contributed by atoms with Crippen LogP contribution in [0.25, 0.3) is 0 Å². The molecule has 0 saturated carbocycles. The quantitative estimate of drug-likeness (QED) is 0.651. The highest BCUT2D eigenvalue weighted by Crippen LogP contribution is 1.95. The van der Waals surface area contributed by atoms with Crippen LogP contribution in [0.5, 0.6) is 0 Å². The Bertz CT molecular complexity index is 157. The van der Waals surface area contributed by atoms with Crippen molar-refractivity contribution in [2.45, 2.75) is 27.2 Å². The Balaban J connectivity index is 3.65. The first-order chi connectivity index (χ1) is 6.65. The maximum atomic E-state index is 5.57. The number of hydrogen-bond acceptors (Lipinski definition) is 2. The predicted octanol–water partition coefficient (Wildman–Crippen LogP) is 1.28. The van der Waals surface area contributed by atoms with Crippen LogP contribution in [0.2, 0.25) is 0 Å². The first-order valence-corrected chi connectivity index (χ1v) is 5.83. The lowest BCUT2D eigenvalue weighted by atomic mass is 10.3. The molecule has 0 aromatic rings. The van der Waals surface area contributed by atoms with E-state index in [9.17, 15) is 0 Å². The molecule has 0 rings (SSSR count). The summed E-state index contributed by atoms with van der Waals surface area (Å²) in [6.07, 6.45) is 1.13. The predicted molar refractivity (Wildman–Crippen MR) is 66.4 cm³/mol. The van der Waals surface area contributed by atoms with Crippen molar-refractivity contribution in [2.75, 3.05) is 32.7 Å². The van der Waals surface area contributed by atoms with Crippen LogP contribution in [0, 0.1) is 0 Å². The molecule has 0 unspecified atom stereocenters. The van der Waals surface area contributed by atoms with Gasteiger partial charge in [0.05, 0.1) is 0 Å². The third-order valence-corrected chi connectivity index (χ3v) is 2.75. The van der Waals surface area contributed by atoms with Gasteiger partial charge in [0, 0.05) is 13.1 Å². The minimum absolute atomic E-state index is 0.520. The van der Waals surface area contributed by atoms with Crippen LogP contribution in [0.4, 0.5) is 0 Å². The first-order valence-electron chi connectivity index (χ1n) is 5.42. The Labute approximate surface area is 93.2 Å². The van der Waals surface area contributed by atoms with E-state index in [1.54, 1.807) is 0 Å². The van der Waals surface area contributed by atoms with Gasteiger partial charge >= 0.3 is 0 Å². The van der Waals surface area contributed by atoms with E-state index >= 15 is 0 Å². The molecular weight excluding hydrogens is 194 g/mol. The zero-order valence-electron chi connectivity index (χ0n) is 9.62. The maximum Gasteiger partial charge on any atom is 0.166 e. The van der Waals surface area contributed by atoms with Gasteiger partial charge in [0.2, 0.25) is 0 Å². The molecule has 4 heteroatoms. The molecule has 0 fully saturated rings. The van der Waals surface area contributed by atoms with Gasteiger partial charge in [-0.05, 0) is 45.2 Å². The first kappa shape index (κ1) is 13.7. The van der Waals surface area contributed by atoms with Crippen LogP contribution in [-0.2, 0) is 0 Å². The summed E-state index contributed by atoms with van der Waals surface area (Å²) < 4.78 is 0. The Morgan fingerprint density at radius 1 is 1.07 bits per heavy atom. The van der Waals surface area contributed by atoms with E-state index in [4.69, 9.17) is 18.0 Å². The van der Waals surface area contributed by atoms with Gasteiger partial charge in [0.25, 0.3) is 0 Å². The van der Waals surface area contributed by atoms with Gasteiger partial charge in [-0.3, -0.25) is 0 Å². The summed E-state index contributed by atoms with van der Waals surface area (Å²) in [5, 5.41) is 0.520. The molecule has 0 aromatic carbocycles. The molecule has 0 aliphatic carbocycles. The topological polar surface area (TPSA) is 32.5 Å². The summed E-state index contributed by atoms with van der Waals surface area (Å²) in [7, 11) is 0. The van der Waals surface area contributed by atoms with Crippen molar-refractivity contribution in [1.82, 2.24) is 9.80 Å². The Hall–Kier alpha value is -0.350. The van der Waals surface area contributed by atoms with E-state index in [0.29, 0.717) is 5.11 Å². The zero-order chi connectivity index (χ0) is 11.0. The fraction of sp³-hybridized carbons (Fsp3) is 0.900. The highest BCUT2D eigenvalue weighted by Gasteiger charge is 2.04. The maximum absolute atomic E-state index is 5.57. The minimum Gasteiger partial charge on any atom is -0.376 e. The fourth-order valence-corrected chi connectivity index (χ4v) is 1.67. The van der Waals surface area contributed by atoms with Gasteiger partial charge < -0.3 is 15.5 Å². The lowest BCUT2D eigenvalue weighted by molar-refractivity contribution is 0.284. The van der Waals surface area contributed by atoms with E-state index in [1.807, 2.05) is 4.90 Å². The number of thiocarbonyl (C=S) groups is 1. The van der Waals surface area contributed by atoms with Crippen molar-refractivity contribution in [3.05, 3.63) is 0 Å². The van der Waals surface area contributed by atoms with E-state index in [1.165, 1.54) is 0 Å². The molecule has 84 valence electrons. The Morgan fingerprint density at radius 2 is 1.64 bits per heavy atom. The lowest BCUT2D eigenvalue weighted by Gasteiger charge is -2.23. The molecule has 0 bridgehead atoms. The minimum atomic E-state index is 0.520. The van der Waals surface area contributed by atoms with Gasteiger partial charge in [0.15, 0.2) is 5.11 Å². The third-order valence-electron chi connectivity index (χ3n) is 2.49. The van der Waals surface area contributed by atoms with Crippen molar-refractivity contribution >= 4 is 17.3 Å². The second-order valence-corrected chi connectivity index (χ2v) is 3.72. The summed E-state index contributed by atoms with van der Waals surface area (Å²) in [6.45, 7) is 11.7. The summed E-state index contributed by atoms with van der Waals surface area (Å²) in [4.78, 5) is 4.45. The zero-order valence-corrected chi connectivity index (χ0v) is 10.4. The molecule has 0 radical (unpaired) electrons. The summed E-state index contributed by atoms with van der Waals surface area (Å²) in [5.41, 5.74) is 5.57. The van der Waals surface area contributed by atoms with Gasteiger partial charge in [-0.2, -0.15) is 0 Å². The monoisotopic (exact) mass is 217 g/mol. The molecule has 0 aromatic heterocycles. The van der Waals surface area contributed by atoms with Crippen LogP contribution >= 0.6 is 12.2 Å². The standard InChI is InChI=1S/C10H23N3S/c1-4-12(5-2)8-7-9-13(6-3)10(11)14/h4-9H2,1-3H3,(H2,11,14). The van der Waals surface area contributed by atoms with Crippen molar-refractivity contribution in [3.8, 4) is 0 Å². The summed E-state index contributed by atoms with van der Waals surface area (Å²) in [6, 6.07) is 0. The molecule has 0 saturated heterocycles. The van der Waals surface area contributed by atoms with Gasteiger partial charge in [-0.15, -0.1) is 0 Å². The molecule has 14 heavy (non-hydrogen) atoms. The van der Waals surface area contributed by atoms with Crippen molar-refractivity contribution in [3.63, 3.8) is 0 Å². The molecule has 0 aliphatic rings. The van der Waals surface area contributed by atoms with Crippen molar-refractivity contribution in [2.24, 2.45) is 5.73 Å². The molecule has 0 amide bonds. The number of nitrogens with two attached hydrogens (primary N) is 1. The van der Waals surface area contributed by atoms with Crippen LogP contribution in [-0.4, -0.2) is 47.6 Å². The third kappa shape index (κ3) is 5.40. The summed E-state index contributed by atoms with van der Waals surface area (Å²) >= 11 is 4.94. The van der Waals surface area contributed by atoms with Gasteiger partial charge in [0.1, 0.15) is 0 Å². The molecular formula is C10H23N3S. The lowest BCUT2D eigenvalue weighted by Crippen LogP contribution is -2.37. The molecule has 0 spiro atoms. The smallest absolute Gasteiger partial charge is 0.166 e. The van der Waals surface area contributed by atoms with Crippen molar-refractivity contribution in [1.29, 1.82) is 0 Å². The van der Waals surface area contributed by atoms with E-state index in [0.717, 1.165) is 39.1 Å². The highest BCUT2D eigenvalue weighted by molar-refractivity contribution is 7.80. The molecule has 2 N–H and O–H groups in total. The Kier molecular flexibility index (Phi) is 7.80. The SMILES string of the molecule is CCN(CC)CCCN(CC)C(N)=S. The highest BCUT2D eigenvalue weighted by atomic mass is 32.1. The van der Waals surface area contributed by atoms with E-state index in [-0.39, 0.29) is 0 Å². The molecule has 0 atom stereocenters.